The van der Waals surface area contributed by atoms with E-state index in [1.165, 1.54) is 5.56 Å². The highest BCUT2D eigenvalue weighted by Gasteiger charge is 2.15. The fraction of sp³-hybridized carbons (Fsp3) is 0.632. The molecule has 1 fully saturated rings. The third kappa shape index (κ3) is 8.23. The zero-order valence-corrected chi connectivity index (χ0v) is 17.6. The molecule has 2 rings (SSSR count). The van der Waals surface area contributed by atoms with E-state index >= 15 is 0 Å². The lowest BCUT2D eigenvalue weighted by Gasteiger charge is -2.32. The van der Waals surface area contributed by atoms with E-state index in [4.69, 9.17) is 5.73 Å². The minimum atomic E-state index is -0.0122. The summed E-state index contributed by atoms with van der Waals surface area (Å²) in [7, 11) is 2.16. The van der Waals surface area contributed by atoms with Crippen LogP contribution in [0.3, 0.4) is 0 Å². The Labute approximate surface area is 170 Å². The SMILES string of the molecule is CCCCC(CN)NC(=O)c1cccc(CN2CCN(C)CC2)c1.Cl.Cl. The molecule has 0 radical (unpaired) electrons. The van der Waals surface area contributed by atoms with Crippen LogP contribution in [0, 0.1) is 0 Å². The molecule has 0 saturated carbocycles. The van der Waals surface area contributed by atoms with Crippen LogP contribution in [-0.4, -0.2) is 61.5 Å². The lowest BCUT2D eigenvalue weighted by Crippen LogP contribution is -2.43. The molecule has 1 unspecified atom stereocenters. The first kappa shape index (κ1) is 25.1. The number of nitrogens with one attached hydrogen (secondary N) is 1. The van der Waals surface area contributed by atoms with Crippen LogP contribution in [0.25, 0.3) is 0 Å². The maximum absolute atomic E-state index is 12.5. The highest BCUT2D eigenvalue weighted by Crippen LogP contribution is 2.11. The number of carbonyl (C=O) groups is 1. The average molecular weight is 405 g/mol. The summed E-state index contributed by atoms with van der Waals surface area (Å²) in [6.07, 6.45) is 3.15. The molecular formula is C19H34Cl2N4O. The van der Waals surface area contributed by atoms with Crippen LogP contribution in [0.15, 0.2) is 24.3 Å². The van der Waals surface area contributed by atoms with Gasteiger partial charge in [-0.25, -0.2) is 0 Å². The highest BCUT2D eigenvalue weighted by atomic mass is 35.5. The number of hydrogen-bond acceptors (Lipinski definition) is 4. The Hall–Kier alpha value is -0.850. The van der Waals surface area contributed by atoms with E-state index in [2.05, 4.69) is 35.2 Å². The standard InChI is InChI=1S/C19H32N4O.2ClH/c1-3-4-8-18(14-20)21-19(24)17-7-5-6-16(13-17)15-23-11-9-22(2)10-12-23;;/h5-7,13,18H,3-4,8-12,14-15,20H2,1-2H3,(H,21,24);2*1H. The van der Waals surface area contributed by atoms with Gasteiger partial charge < -0.3 is 16.0 Å². The first-order valence-corrected chi connectivity index (χ1v) is 9.13. The summed E-state index contributed by atoms with van der Waals surface area (Å²) in [5.74, 6) is -0.0122. The number of unbranched alkanes of at least 4 members (excludes halogenated alkanes) is 1. The first-order valence-electron chi connectivity index (χ1n) is 9.13. The van der Waals surface area contributed by atoms with Crippen molar-refractivity contribution in [1.29, 1.82) is 0 Å². The second-order valence-corrected chi connectivity index (χ2v) is 6.83. The number of amides is 1. The van der Waals surface area contributed by atoms with Gasteiger partial charge in [0.15, 0.2) is 0 Å². The number of carbonyl (C=O) groups excluding carboxylic acids is 1. The number of halogens is 2. The summed E-state index contributed by atoms with van der Waals surface area (Å²) < 4.78 is 0. The lowest BCUT2D eigenvalue weighted by molar-refractivity contribution is 0.0935. The topological polar surface area (TPSA) is 61.6 Å². The molecule has 3 N–H and O–H groups in total. The van der Waals surface area contributed by atoms with Crippen molar-refractivity contribution >= 4 is 30.7 Å². The van der Waals surface area contributed by atoms with Gasteiger partial charge in [0.2, 0.25) is 0 Å². The average Bonchev–Trinajstić information content (AvgIpc) is 2.60. The van der Waals surface area contributed by atoms with Gasteiger partial charge >= 0.3 is 0 Å². The van der Waals surface area contributed by atoms with Crippen molar-refractivity contribution < 1.29 is 4.79 Å². The number of nitrogens with two attached hydrogens (primary N) is 1. The number of piperazine rings is 1. The predicted octanol–water partition coefficient (Wildman–Crippen LogP) is 2.52. The second kappa shape index (κ2) is 13.3. The lowest BCUT2D eigenvalue weighted by atomic mass is 10.1. The van der Waals surface area contributed by atoms with Crippen molar-refractivity contribution in [2.24, 2.45) is 5.73 Å². The van der Waals surface area contributed by atoms with E-state index in [0.717, 1.165) is 57.5 Å². The molecule has 1 amide bonds. The van der Waals surface area contributed by atoms with Crippen molar-refractivity contribution in [3.63, 3.8) is 0 Å². The van der Waals surface area contributed by atoms with E-state index < -0.39 is 0 Å². The fourth-order valence-corrected chi connectivity index (χ4v) is 3.04. The summed E-state index contributed by atoms with van der Waals surface area (Å²) in [5.41, 5.74) is 7.71. The van der Waals surface area contributed by atoms with Crippen molar-refractivity contribution in [2.75, 3.05) is 39.8 Å². The molecular weight excluding hydrogens is 371 g/mol. The van der Waals surface area contributed by atoms with Crippen molar-refractivity contribution in [2.45, 2.75) is 38.8 Å². The number of hydrogen-bond donors (Lipinski definition) is 2. The fourth-order valence-electron chi connectivity index (χ4n) is 3.04. The Balaban J connectivity index is 0.00000312. The molecule has 1 heterocycles. The van der Waals surface area contributed by atoms with Gasteiger partial charge in [-0.3, -0.25) is 9.69 Å². The number of benzene rings is 1. The summed E-state index contributed by atoms with van der Waals surface area (Å²) >= 11 is 0. The molecule has 1 saturated heterocycles. The predicted molar refractivity (Wildman–Crippen MR) is 114 cm³/mol. The molecule has 0 aromatic heterocycles. The van der Waals surface area contributed by atoms with Gasteiger partial charge in [-0.1, -0.05) is 31.9 Å². The Kier molecular flexibility index (Phi) is 12.9. The molecule has 1 aromatic rings. The van der Waals surface area contributed by atoms with E-state index in [-0.39, 0.29) is 36.8 Å². The zero-order chi connectivity index (χ0) is 17.4. The van der Waals surface area contributed by atoms with Crippen LogP contribution >= 0.6 is 24.8 Å². The molecule has 0 bridgehead atoms. The van der Waals surface area contributed by atoms with Gasteiger partial charge in [0.1, 0.15) is 0 Å². The third-order valence-corrected chi connectivity index (χ3v) is 4.72. The molecule has 7 heteroatoms. The maximum Gasteiger partial charge on any atom is 0.251 e. The van der Waals surface area contributed by atoms with Crippen molar-refractivity contribution in [1.82, 2.24) is 15.1 Å². The van der Waals surface area contributed by atoms with Crippen LogP contribution in [0.2, 0.25) is 0 Å². The molecule has 26 heavy (non-hydrogen) atoms. The van der Waals surface area contributed by atoms with Gasteiger partial charge in [-0.05, 0) is 31.2 Å². The molecule has 0 spiro atoms. The largest absolute Gasteiger partial charge is 0.348 e. The first-order chi connectivity index (χ1) is 11.6. The Morgan fingerprint density at radius 2 is 1.92 bits per heavy atom. The summed E-state index contributed by atoms with van der Waals surface area (Å²) in [6.45, 7) is 7.93. The van der Waals surface area contributed by atoms with Gasteiger partial charge in [-0.2, -0.15) is 0 Å². The number of likely N-dealkylation sites (N-methyl/N-ethyl adjacent to an activating group) is 1. The van der Waals surface area contributed by atoms with Gasteiger partial charge in [-0.15, -0.1) is 24.8 Å². The zero-order valence-electron chi connectivity index (χ0n) is 15.9. The van der Waals surface area contributed by atoms with Gasteiger partial charge in [0.25, 0.3) is 5.91 Å². The summed E-state index contributed by atoms with van der Waals surface area (Å²) in [6, 6.07) is 8.05. The van der Waals surface area contributed by atoms with Crippen LogP contribution < -0.4 is 11.1 Å². The Morgan fingerprint density at radius 1 is 1.23 bits per heavy atom. The molecule has 5 nitrogen and oxygen atoms in total. The van der Waals surface area contributed by atoms with Gasteiger partial charge in [0.05, 0.1) is 0 Å². The van der Waals surface area contributed by atoms with E-state index in [9.17, 15) is 4.79 Å². The highest BCUT2D eigenvalue weighted by molar-refractivity contribution is 5.94. The van der Waals surface area contributed by atoms with Crippen molar-refractivity contribution in [3.8, 4) is 0 Å². The maximum atomic E-state index is 12.5. The number of rotatable bonds is 8. The van der Waals surface area contributed by atoms with Crippen LogP contribution in [0.1, 0.15) is 42.1 Å². The Bertz CT molecular complexity index is 522. The van der Waals surface area contributed by atoms with E-state index in [1.807, 2.05) is 18.2 Å². The summed E-state index contributed by atoms with van der Waals surface area (Å²) in [5, 5.41) is 3.07. The smallest absolute Gasteiger partial charge is 0.251 e. The van der Waals surface area contributed by atoms with E-state index in [0.29, 0.717) is 6.54 Å². The van der Waals surface area contributed by atoms with Crippen LogP contribution in [0.4, 0.5) is 0 Å². The molecule has 1 aliphatic heterocycles. The third-order valence-electron chi connectivity index (χ3n) is 4.72. The Morgan fingerprint density at radius 3 is 2.54 bits per heavy atom. The molecule has 0 aliphatic carbocycles. The minimum Gasteiger partial charge on any atom is -0.348 e. The minimum absolute atomic E-state index is 0. The molecule has 150 valence electrons. The second-order valence-electron chi connectivity index (χ2n) is 6.83. The quantitative estimate of drug-likeness (QED) is 0.698. The van der Waals surface area contributed by atoms with Gasteiger partial charge in [0, 0.05) is 50.9 Å². The monoisotopic (exact) mass is 404 g/mol. The van der Waals surface area contributed by atoms with Crippen molar-refractivity contribution in [3.05, 3.63) is 35.4 Å². The number of nitrogens with zero attached hydrogens (tertiary/aromatic N) is 2. The summed E-state index contributed by atoms with van der Waals surface area (Å²) in [4.78, 5) is 17.3. The van der Waals surface area contributed by atoms with E-state index in [1.54, 1.807) is 0 Å². The van der Waals surface area contributed by atoms with Crippen LogP contribution in [0.5, 0.6) is 0 Å². The molecule has 1 atom stereocenters. The normalized spacial score (nSPS) is 16.3. The molecule has 1 aromatic carbocycles. The molecule has 1 aliphatic rings. The van der Waals surface area contributed by atoms with Crippen LogP contribution in [-0.2, 0) is 6.54 Å².